The van der Waals surface area contributed by atoms with Gasteiger partial charge in [0.25, 0.3) is 0 Å². The van der Waals surface area contributed by atoms with Gasteiger partial charge in [-0.1, -0.05) is 24.6 Å². The average Bonchev–Trinajstić information content (AvgIpc) is 2.25. The first-order valence-corrected chi connectivity index (χ1v) is 5.35. The Morgan fingerprint density at radius 1 is 1.29 bits per heavy atom. The highest BCUT2D eigenvalue weighted by Gasteiger charge is 2.07. The third-order valence-electron chi connectivity index (χ3n) is 2.38. The lowest BCUT2D eigenvalue weighted by atomic mass is 10.00. The van der Waals surface area contributed by atoms with Crippen molar-refractivity contribution >= 4 is 5.78 Å². The standard InChI is InChI=1S/C12H18O2/c13-10-6-2-5-9-12(14)11-7-3-1-4-8-11/h3,7-8,13H,1-2,4-6,9-10H2. The highest BCUT2D eigenvalue weighted by molar-refractivity contribution is 5.98. The summed E-state index contributed by atoms with van der Waals surface area (Å²) in [4.78, 5) is 11.6. The highest BCUT2D eigenvalue weighted by atomic mass is 16.2. The summed E-state index contributed by atoms with van der Waals surface area (Å²) in [5, 5.41) is 8.57. The number of hydrogen-bond donors (Lipinski definition) is 1. The maximum absolute atomic E-state index is 11.6. The molecule has 0 aromatic carbocycles. The van der Waals surface area contributed by atoms with E-state index in [0.29, 0.717) is 6.42 Å². The molecule has 0 unspecified atom stereocenters. The fourth-order valence-electron chi connectivity index (χ4n) is 1.54. The molecule has 0 bridgehead atoms. The molecule has 0 spiro atoms. The molecule has 0 amide bonds. The molecular weight excluding hydrogens is 176 g/mol. The fourth-order valence-corrected chi connectivity index (χ4v) is 1.54. The zero-order valence-corrected chi connectivity index (χ0v) is 8.54. The largest absolute Gasteiger partial charge is 0.396 e. The van der Waals surface area contributed by atoms with Gasteiger partial charge in [-0.3, -0.25) is 4.79 Å². The molecule has 0 aromatic heterocycles. The minimum atomic E-state index is 0.233. The van der Waals surface area contributed by atoms with Crippen LogP contribution in [0.1, 0.15) is 38.5 Å². The molecule has 0 heterocycles. The zero-order valence-electron chi connectivity index (χ0n) is 8.54. The van der Waals surface area contributed by atoms with E-state index in [1.165, 1.54) is 0 Å². The van der Waals surface area contributed by atoms with E-state index in [2.05, 4.69) is 6.08 Å². The fraction of sp³-hybridized carbons (Fsp3) is 0.583. The zero-order chi connectivity index (χ0) is 10.2. The first-order chi connectivity index (χ1) is 6.84. The molecule has 1 aliphatic carbocycles. The van der Waals surface area contributed by atoms with E-state index in [0.717, 1.165) is 37.7 Å². The molecule has 78 valence electrons. The van der Waals surface area contributed by atoms with Crippen LogP contribution in [-0.2, 0) is 4.79 Å². The summed E-state index contributed by atoms with van der Waals surface area (Å²) in [5.74, 6) is 0.249. The molecule has 2 heteroatoms. The Labute approximate surface area is 85.3 Å². The second-order valence-electron chi connectivity index (χ2n) is 3.60. The van der Waals surface area contributed by atoms with Crippen LogP contribution in [0.25, 0.3) is 0 Å². The smallest absolute Gasteiger partial charge is 0.162 e. The van der Waals surface area contributed by atoms with Crippen molar-refractivity contribution in [3.63, 3.8) is 0 Å². The summed E-state index contributed by atoms with van der Waals surface area (Å²) in [6, 6.07) is 0. The Morgan fingerprint density at radius 2 is 2.14 bits per heavy atom. The van der Waals surface area contributed by atoms with E-state index >= 15 is 0 Å². The number of rotatable bonds is 6. The van der Waals surface area contributed by atoms with Gasteiger partial charge in [-0.15, -0.1) is 0 Å². The van der Waals surface area contributed by atoms with E-state index in [9.17, 15) is 4.79 Å². The molecular formula is C12H18O2. The third kappa shape index (κ3) is 3.88. The van der Waals surface area contributed by atoms with Gasteiger partial charge in [-0.05, 0) is 25.7 Å². The predicted molar refractivity (Wildman–Crippen MR) is 57.0 cm³/mol. The lowest BCUT2D eigenvalue weighted by molar-refractivity contribution is -0.115. The Morgan fingerprint density at radius 3 is 2.79 bits per heavy atom. The van der Waals surface area contributed by atoms with E-state index in [-0.39, 0.29) is 12.4 Å². The van der Waals surface area contributed by atoms with Crippen molar-refractivity contribution in [2.75, 3.05) is 6.61 Å². The number of carbonyl (C=O) groups excluding carboxylic acids is 1. The van der Waals surface area contributed by atoms with Gasteiger partial charge in [0, 0.05) is 18.6 Å². The Balaban J connectivity index is 2.21. The van der Waals surface area contributed by atoms with Gasteiger partial charge < -0.3 is 5.11 Å². The number of allylic oxidation sites excluding steroid dienone is 4. The Kier molecular flexibility index (Phi) is 5.23. The average molecular weight is 194 g/mol. The van der Waals surface area contributed by atoms with E-state index in [4.69, 9.17) is 5.11 Å². The summed E-state index contributed by atoms with van der Waals surface area (Å²) in [7, 11) is 0. The maximum Gasteiger partial charge on any atom is 0.162 e. The topological polar surface area (TPSA) is 37.3 Å². The number of ketones is 1. The number of hydrogen-bond acceptors (Lipinski definition) is 2. The lowest BCUT2D eigenvalue weighted by Gasteiger charge is -2.05. The molecule has 0 saturated carbocycles. The summed E-state index contributed by atoms with van der Waals surface area (Å²) < 4.78 is 0. The van der Waals surface area contributed by atoms with Crippen LogP contribution >= 0.6 is 0 Å². The number of carbonyl (C=O) groups is 1. The van der Waals surface area contributed by atoms with Gasteiger partial charge >= 0.3 is 0 Å². The van der Waals surface area contributed by atoms with Crippen molar-refractivity contribution in [2.45, 2.75) is 38.5 Å². The molecule has 0 aliphatic heterocycles. The van der Waals surface area contributed by atoms with Gasteiger partial charge in [0.1, 0.15) is 0 Å². The van der Waals surface area contributed by atoms with Crippen LogP contribution < -0.4 is 0 Å². The molecule has 1 N–H and O–H groups in total. The van der Waals surface area contributed by atoms with E-state index < -0.39 is 0 Å². The molecule has 0 fully saturated rings. The van der Waals surface area contributed by atoms with E-state index in [1.54, 1.807) is 0 Å². The number of aliphatic hydroxyl groups is 1. The molecule has 0 atom stereocenters. The van der Waals surface area contributed by atoms with E-state index in [1.807, 2.05) is 12.2 Å². The first-order valence-electron chi connectivity index (χ1n) is 5.35. The van der Waals surface area contributed by atoms with Crippen molar-refractivity contribution in [2.24, 2.45) is 0 Å². The summed E-state index contributed by atoms with van der Waals surface area (Å²) >= 11 is 0. The van der Waals surface area contributed by atoms with Gasteiger partial charge in [-0.2, -0.15) is 0 Å². The van der Waals surface area contributed by atoms with Gasteiger partial charge in [0.15, 0.2) is 5.78 Å². The van der Waals surface area contributed by atoms with Crippen molar-refractivity contribution in [1.29, 1.82) is 0 Å². The maximum atomic E-state index is 11.6. The number of aliphatic hydroxyl groups excluding tert-OH is 1. The highest BCUT2D eigenvalue weighted by Crippen LogP contribution is 2.13. The number of Topliss-reactive ketones (excluding diaryl/α,β-unsaturated/α-hetero) is 1. The molecule has 1 rings (SSSR count). The van der Waals surface area contributed by atoms with Crippen LogP contribution in [0, 0.1) is 0 Å². The van der Waals surface area contributed by atoms with Crippen LogP contribution in [0.4, 0.5) is 0 Å². The minimum absolute atomic E-state index is 0.233. The summed E-state index contributed by atoms with van der Waals surface area (Å²) in [6.45, 7) is 0.233. The number of unbranched alkanes of at least 4 members (excludes halogenated alkanes) is 2. The van der Waals surface area contributed by atoms with Gasteiger partial charge in [0.05, 0.1) is 0 Å². The SMILES string of the molecule is O=C(CCCCCO)C1=CCCC=C1. The summed E-state index contributed by atoms with van der Waals surface area (Å²) in [6.07, 6.45) is 11.3. The summed E-state index contributed by atoms with van der Waals surface area (Å²) in [5.41, 5.74) is 0.875. The predicted octanol–water partition coefficient (Wildman–Crippen LogP) is 2.38. The van der Waals surface area contributed by atoms with Gasteiger partial charge in [0.2, 0.25) is 0 Å². The van der Waals surface area contributed by atoms with Crippen molar-refractivity contribution in [3.8, 4) is 0 Å². The molecule has 0 saturated heterocycles. The lowest BCUT2D eigenvalue weighted by Crippen LogP contribution is -2.02. The Hall–Kier alpha value is -0.890. The molecule has 14 heavy (non-hydrogen) atoms. The normalized spacial score (nSPS) is 15.4. The van der Waals surface area contributed by atoms with Crippen LogP contribution in [0.2, 0.25) is 0 Å². The third-order valence-corrected chi connectivity index (χ3v) is 2.38. The first kappa shape index (κ1) is 11.2. The molecule has 2 nitrogen and oxygen atoms in total. The van der Waals surface area contributed by atoms with Crippen molar-refractivity contribution < 1.29 is 9.90 Å². The molecule has 0 radical (unpaired) electrons. The van der Waals surface area contributed by atoms with Gasteiger partial charge in [-0.25, -0.2) is 0 Å². The Bertz CT molecular complexity index is 239. The van der Waals surface area contributed by atoms with Crippen molar-refractivity contribution in [3.05, 3.63) is 23.8 Å². The second kappa shape index (κ2) is 6.55. The molecule has 1 aliphatic rings. The van der Waals surface area contributed by atoms with Crippen LogP contribution in [0.15, 0.2) is 23.8 Å². The van der Waals surface area contributed by atoms with Crippen LogP contribution in [0.3, 0.4) is 0 Å². The monoisotopic (exact) mass is 194 g/mol. The van der Waals surface area contributed by atoms with Crippen LogP contribution in [-0.4, -0.2) is 17.5 Å². The molecule has 0 aromatic rings. The minimum Gasteiger partial charge on any atom is -0.396 e. The van der Waals surface area contributed by atoms with Crippen LogP contribution in [0.5, 0.6) is 0 Å². The second-order valence-corrected chi connectivity index (χ2v) is 3.60. The quantitative estimate of drug-likeness (QED) is 0.659. The van der Waals surface area contributed by atoms with Crippen molar-refractivity contribution in [1.82, 2.24) is 0 Å².